The van der Waals surface area contributed by atoms with E-state index >= 15 is 0 Å². The van der Waals surface area contributed by atoms with Crippen molar-refractivity contribution in [2.24, 2.45) is 7.05 Å². The average Bonchev–Trinajstić information content (AvgIpc) is 2.96. The van der Waals surface area contributed by atoms with Gasteiger partial charge in [-0.15, -0.1) is 0 Å². The van der Waals surface area contributed by atoms with Crippen LogP contribution in [0.25, 0.3) is 11.1 Å². The first-order chi connectivity index (χ1) is 9.13. The number of benzene rings is 1. The van der Waals surface area contributed by atoms with Gasteiger partial charge in [0.25, 0.3) is 5.22 Å². The zero-order chi connectivity index (χ0) is 13.4. The minimum Gasteiger partial charge on any atom is -0.430 e. The minimum atomic E-state index is -1.40. The summed E-state index contributed by atoms with van der Waals surface area (Å²) in [5, 5.41) is 4.09. The van der Waals surface area contributed by atoms with E-state index in [-0.39, 0.29) is 11.0 Å². The van der Waals surface area contributed by atoms with Crippen molar-refractivity contribution >= 4 is 27.6 Å². The fourth-order valence-corrected chi connectivity index (χ4v) is 2.65. The third kappa shape index (κ3) is 2.22. The van der Waals surface area contributed by atoms with Crippen molar-refractivity contribution < 1.29 is 8.63 Å². The topological polar surface area (TPSA) is 99.8 Å². The summed E-state index contributed by atoms with van der Waals surface area (Å²) < 4.78 is 19.2. The number of rotatable bonds is 3. The van der Waals surface area contributed by atoms with Gasteiger partial charge in [0.2, 0.25) is 0 Å². The van der Waals surface area contributed by atoms with Gasteiger partial charge in [0.05, 0.1) is 5.75 Å². The number of fused-ring (bicyclic) bond motifs is 1. The van der Waals surface area contributed by atoms with Gasteiger partial charge in [-0.2, -0.15) is 5.10 Å². The molecule has 8 heteroatoms. The molecule has 0 fully saturated rings. The van der Waals surface area contributed by atoms with Crippen LogP contribution in [0, 0.1) is 0 Å². The van der Waals surface area contributed by atoms with E-state index in [2.05, 4.69) is 15.1 Å². The molecule has 98 valence electrons. The summed E-state index contributed by atoms with van der Waals surface area (Å²) in [5.74, 6) is 0.818. The van der Waals surface area contributed by atoms with Crippen molar-refractivity contribution in [3.63, 3.8) is 0 Å². The van der Waals surface area contributed by atoms with Crippen molar-refractivity contribution in [1.29, 1.82) is 0 Å². The van der Waals surface area contributed by atoms with Gasteiger partial charge in [-0.05, 0) is 12.1 Å². The number of oxazole rings is 1. The Bertz CT molecular complexity index is 763. The lowest BCUT2D eigenvalue weighted by atomic mass is 10.3. The highest BCUT2D eigenvalue weighted by Gasteiger charge is 2.15. The molecule has 0 saturated heterocycles. The van der Waals surface area contributed by atoms with Crippen LogP contribution in [0.2, 0.25) is 0 Å². The SMILES string of the molecule is Cn1ncnc1CS(=O)c1nc2ccc(N)cc2o1. The number of hydrogen-bond donors (Lipinski definition) is 1. The van der Waals surface area contributed by atoms with Gasteiger partial charge in [0, 0.05) is 18.8 Å². The van der Waals surface area contributed by atoms with Gasteiger partial charge >= 0.3 is 0 Å². The maximum absolute atomic E-state index is 12.2. The molecular weight excluding hydrogens is 266 g/mol. The normalized spacial score (nSPS) is 12.9. The summed E-state index contributed by atoms with van der Waals surface area (Å²) in [6.07, 6.45) is 1.42. The molecule has 2 heterocycles. The predicted octanol–water partition coefficient (Wildman–Crippen LogP) is 0.846. The number of aryl methyl sites for hydroxylation is 1. The van der Waals surface area contributed by atoms with Crippen LogP contribution in [0.1, 0.15) is 5.82 Å². The Morgan fingerprint density at radius 2 is 2.32 bits per heavy atom. The molecule has 0 aliphatic rings. The highest BCUT2D eigenvalue weighted by Crippen LogP contribution is 2.21. The molecule has 1 aromatic carbocycles. The Kier molecular flexibility index (Phi) is 2.79. The van der Waals surface area contributed by atoms with Crippen molar-refractivity contribution in [2.45, 2.75) is 11.0 Å². The summed E-state index contributed by atoms with van der Waals surface area (Å²) in [6, 6.07) is 5.11. The molecule has 3 rings (SSSR count). The zero-order valence-electron chi connectivity index (χ0n) is 10.1. The van der Waals surface area contributed by atoms with Crippen molar-refractivity contribution in [3.05, 3.63) is 30.4 Å². The second-order valence-corrected chi connectivity index (χ2v) is 5.33. The third-order valence-corrected chi connectivity index (χ3v) is 3.74. The van der Waals surface area contributed by atoms with Crippen LogP contribution >= 0.6 is 0 Å². The van der Waals surface area contributed by atoms with E-state index < -0.39 is 10.8 Å². The van der Waals surface area contributed by atoms with Gasteiger partial charge in [0.1, 0.15) is 28.5 Å². The standard InChI is InChI=1S/C11H11N5O2S/c1-16-10(13-6-14-16)5-19(17)11-15-8-3-2-7(12)4-9(8)18-11/h2-4,6H,5,12H2,1H3. The molecule has 2 aromatic heterocycles. The molecule has 0 bridgehead atoms. The molecule has 0 spiro atoms. The molecule has 0 aliphatic carbocycles. The first kappa shape index (κ1) is 11.8. The van der Waals surface area contributed by atoms with Crippen LogP contribution in [0.5, 0.6) is 0 Å². The molecule has 0 radical (unpaired) electrons. The predicted molar refractivity (Wildman–Crippen MR) is 69.5 cm³/mol. The molecule has 0 amide bonds. The van der Waals surface area contributed by atoms with E-state index in [1.54, 1.807) is 29.9 Å². The van der Waals surface area contributed by atoms with Crippen LogP contribution in [0.4, 0.5) is 5.69 Å². The molecule has 19 heavy (non-hydrogen) atoms. The maximum atomic E-state index is 12.2. The third-order valence-electron chi connectivity index (χ3n) is 2.65. The Hall–Kier alpha value is -2.22. The van der Waals surface area contributed by atoms with Crippen LogP contribution in [-0.2, 0) is 23.6 Å². The summed E-state index contributed by atoms with van der Waals surface area (Å²) >= 11 is 0. The van der Waals surface area contributed by atoms with Gasteiger partial charge in [0.15, 0.2) is 5.58 Å². The van der Waals surface area contributed by atoms with Crippen LogP contribution in [0.3, 0.4) is 0 Å². The minimum absolute atomic E-state index is 0.170. The number of nitrogen functional groups attached to an aromatic ring is 1. The Morgan fingerprint density at radius 1 is 1.47 bits per heavy atom. The van der Waals surface area contributed by atoms with Gasteiger partial charge in [-0.1, -0.05) is 0 Å². The Balaban J connectivity index is 1.91. The van der Waals surface area contributed by atoms with Crippen LogP contribution in [-0.4, -0.2) is 24.0 Å². The van der Waals surface area contributed by atoms with Gasteiger partial charge in [-0.25, -0.2) is 14.2 Å². The number of hydrogen-bond acceptors (Lipinski definition) is 6. The molecule has 1 unspecified atom stereocenters. The van der Waals surface area contributed by atoms with Crippen molar-refractivity contribution in [1.82, 2.24) is 19.7 Å². The van der Waals surface area contributed by atoms with E-state index in [1.165, 1.54) is 6.33 Å². The molecule has 2 N–H and O–H groups in total. The average molecular weight is 277 g/mol. The Labute approximate surface area is 110 Å². The molecule has 7 nitrogen and oxygen atoms in total. The van der Waals surface area contributed by atoms with Crippen molar-refractivity contribution in [2.75, 3.05) is 5.73 Å². The number of anilines is 1. The van der Waals surface area contributed by atoms with E-state index in [4.69, 9.17) is 10.2 Å². The second-order valence-electron chi connectivity index (χ2n) is 4.00. The Morgan fingerprint density at radius 3 is 3.05 bits per heavy atom. The lowest BCUT2D eigenvalue weighted by molar-refractivity contribution is 0.477. The number of aromatic nitrogens is 4. The number of nitrogens with two attached hydrogens (primary N) is 1. The summed E-state index contributed by atoms with van der Waals surface area (Å²) in [7, 11) is 0.338. The molecule has 3 aromatic rings. The maximum Gasteiger partial charge on any atom is 0.288 e. The highest BCUT2D eigenvalue weighted by molar-refractivity contribution is 7.84. The van der Waals surface area contributed by atoms with E-state index in [1.807, 2.05) is 0 Å². The fourth-order valence-electron chi connectivity index (χ4n) is 1.65. The van der Waals surface area contributed by atoms with E-state index in [9.17, 15) is 4.21 Å². The quantitative estimate of drug-likeness (QED) is 0.712. The van der Waals surface area contributed by atoms with Gasteiger partial charge < -0.3 is 10.2 Å². The van der Waals surface area contributed by atoms with Crippen LogP contribution in [0.15, 0.2) is 34.2 Å². The van der Waals surface area contributed by atoms with Gasteiger partial charge in [-0.3, -0.25) is 4.68 Å². The fraction of sp³-hybridized carbons (Fsp3) is 0.182. The molecular formula is C11H11N5O2S. The van der Waals surface area contributed by atoms with Crippen LogP contribution < -0.4 is 5.73 Å². The lowest BCUT2D eigenvalue weighted by Gasteiger charge is -1.97. The molecule has 0 saturated carbocycles. The highest BCUT2D eigenvalue weighted by atomic mass is 32.2. The van der Waals surface area contributed by atoms with E-state index in [0.29, 0.717) is 22.6 Å². The molecule has 1 atom stereocenters. The molecule has 0 aliphatic heterocycles. The second kappa shape index (κ2) is 4.47. The smallest absolute Gasteiger partial charge is 0.288 e. The monoisotopic (exact) mass is 277 g/mol. The van der Waals surface area contributed by atoms with E-state index in [0.717, 1.165) is 0 Å². The first-order valence-electron chi connectivity index (χ1n) is 5.51. The lowest BCUT2D eigenvalue weighted by Crippen LogP contribution is -2.04. The zero-order valence-corrected chi connectivity index (χ0v) is 10.9. The summed E-state index contributed by atoms with van der Waals surface area (Å²) in [4.78, 5) is 8.20. The number of nitrogens with zero attached hydrogens (tertiary/aromatic N) is 4. The largest absolute Gasteiger partial charge is 0.430 e. The first-order valence-corrected chi connectivity index (χ1v) is 6.82. The summed E-state index contributed by atoms with van der Waals surface area (Å²) in [6.45, 7) is 0. The van der Waals surface area contributed by atoms with Crippen molar-refractivity contribution in [3.8, 4) is 0 Å². The summed E-state index contributed by atoms with van der Waals surface area (Å²) in [5.41, 5.74) is 7.40.